The van der Waals surface area contributed by atoms with Crippen LogP contribution in [0.2, 0.25) is 0 Å². The molecule has 8 nitrogen and oxygen atoms in total. The molecule has 2 amide bonds. The summed E-state index contributed by atoms with van der Waals surface area (Å²) in [6.07, 6.45) is 6.53. The molecule has 3 aromatic rings. The molecule has 1 unspecified atom stereocenters. The van der Waals surface area contributed by atoms with Crippen molar-refractivity contribution in [1.82, 2.24) is 10.0 Å². The van der Waals surface area contributed by atoms with Crippen molar-refractivity contribution in [3.63, 3.8) is 0 Å². The molecule has 1 atom stereocenters. The molecular weight excluding hydrogens is 550 g/mol. The van der Waals surface area contributed by atoms with Crippen LogP contribution in [0.3, 0.4) is 0 Å². The Hall–Kier alpha value is -4.21. The summed E-state index contributed by atoms with van der Waals surface area (Å²) >= 11 is 0. The molecule has 1 aliphatic carbocycles. The molecular formula is C33H37N3O5S. The van der Waals surface area contributed by atoms with Gasteiger partial charge in [-0.3, -0.25) is 4.79 Å². The van der Waals surface area contributed by atoms with E-state index in [1.54, 1.807) is 12.1 Å². The number of urea groups is 1. The van der Waals surface area contributed by atoms with Crippen LogP contribution in [0.15, 0.2) is 114 Å². The number of rotatable bonds is 10. The van der Waals surface area contributed by atoms with Gasteiger partial charge in [0.25, 0.3) is 0 Å². The number of esters is 1. The minimum Gasteiger partial charge on any atom is -0.460 e. The molecule has 0 spiro atoms. The molecule has 3 aromatic carbocycles. The van der Waals surface area contributed by atoms with Crippen LogP contribution in [-0.4, -0.2) is 26.0 Å². The van der Waals surface area contributed by atoms with Crippen molar-refractivity contribution in [2.24, 2.45) is 0 Å². The van der Waals surface area contributed by atoms with Crippen LogP contribution in [0.1, 0.15) is 51.2 Å². The Bertz CT molecular complexity index is 1560. The highest BCUT2D eigenvalue weighted by Gasteiger charge is 2.37. The fourth-order valence-electron chi connectivity index (χ4n) is 4.71. The van der Waals surface area contributed by atoms with Crippen LogP contribution in [0.5, 0.6) is 0 Å². The lowest BCUT2D eigenvalue weighted by Crippen LogP contribution is -2.45. The van der Waals surface area contributed by atoms with Gasteiger partial charge < -0.3 is 15.4 Å². The topological polar surface area (TPSA) is 114 Å². The monoisotopic (exact) mass is 587 g/mol. The second kappa shape index (κ2) is 13.2. The first-order chi connectivity index (χ1) is 19.9. The summed E-state index contributed by atoms with van der Waals surface area (Å²) in [5.74, 6) is -0.305. The van der Waals surface area contributed by atoms with E-state index in [0.29, 0.717) is 25.1 Å². The highest BCUT2D eigenvalue weighted by molar-refractivity contribution is 7.89. The number of carbonyl (C=O) groups is 2. The molecule has 9 heteroatoms. The van der Waals surface area contributed by atoms with Crippen molar-refractivity contribution in [2.45, 2.75) is 62.6 Å². The first-order valence-corrected chi connectivity index (χ1v) is 15.3. The van der Waals surface area contributed by atoms with Crippen molar-refractivity contribution in [2.75, 3.05) is 5.32 Å². The van der Waals surface area contributed by atoms with E-state index in [1.165, 1.54) is 12.1 Å². The van der Waals surface area contributed by atoms with E-state index >= 15 is 0 Å². The third-order valence-corrected chi connectivity index (χ3v) is 8.10. The molecule has 220 valence electrons. The lowest BCUT2D eigenvalue weighted by Gasteiger charge is -2.35. The Morgan fingerprint density at radius 3 is 2.31 bits per heavy atom. The maximum Gasteiger partial charge on any atom is 0.319 e. The number of hydrogen-bond acceptors (Lipinski definition) is 5. The number of nitrogens with one attached hydrogen (secondary N) is 3. The summed E-state index contributed by atoms with van der Waals surface area (Å²) in [5.41, 5.74) is 1.32. The van der Waals surface area contributed by atoms with E-state index in [2.05, 4.69) is 15.4 Å². The molecule has 0 aliphatic heterocycles. The zero-order chi connectivity index (χ0) is 30.2. The summed E-state index contributed by atoms with van der Waals surface area (Å²) in [5, 5.41) is 5.48. The first kappa shape index (κ1) is 30.7. The molecule has 0 aromatic heterocycles. The van der Waals surface area contributed by atoms with E-state index in [-0.39, 0.29) is 17.3 Å². The molecule has 0 saturated carbocycles. The summed E-state index contributed by atoms with van der Waals surface area (Å²) < 4.78 is 36.0. The Morgan fingerprint density at radius 2 is 1.62 bits per heavy atom. The van der Waals surface area contributed by atoms with Crippen LogP contribution in [0.25, 0.3) is 0 Å². The van der Waals surface area contributed by atoms with Gasteiger partial charge in [0.1, 0.15) is 5.60 Å². The third kappa shape index (κ3) is 8.64. The van der Waals surface area contributed by atoms with Crippen LogP contribution < -0.4 is 15.4 Å². The van der Waals surface area contributed by atoms with Gasteiger partial charge >= 0.3 is 12.0 Å². The number of sulfonamides is 1. The summed E-state index contributed by atoms with van der Waals surface area (Å²) in [6, 6.07) is 24.5. The van der Waals surface area contributed by atoms with Gasteiger partial charge in [0.2, 0.25) is 10.0 Å². The van der Waals surface area contributed by atoms with Gasteiger partial charge in [-0.05, 0) is 62.9 Å². The molecule has 42 heavy (non-hydrogen) atoms. The first-order valence-electron chi connectivity index (χ1n) is 13.8. The minimum atomic E-state index is -4.05. The summed E-state index contributed by atoms with van der Waals surface area (Å²) in [7, 11) is -4.05. The van der Waals surface area contributed by atoms with E-state index in [0.717, 1.165) is 16.7 Å². The largest absolute Gasteiger partial charge is 0.460 e. The number of benzene rings is 3. The van der Waals surface area contributed by atoms with Crippen molar-refractivity contribution in [3.05, 3.63) is 120 Å². The molecule has 1 aliphatic rings. The standard InChI is InChI=1S/C33H37N3O5S/c1-32(2,3)41-30(37)20-19-25-14-11-21-33(23-25,27-15-8-5-9-16-27)36-42(39,40)29-18-10-17-28(22-29)35-31(38)34-24-26-12-6-4-7-13-26/h4-18,21-22,36H,19-20,23-24H2,1-3H3,(H2,34,35,38). The molecule has 0 heterocycles. The smallest absolute Gasteiger partial charge is 0.319 e. The SMILES string of the molecule is CC(C)(C)OC(=O)CCC1=CC=CC(NS(=O)(=O)c2cccc(NC(=O)NCc3ccccc3)c2)(c2ccccc2)C1. The van der Waals surface area contributed by atoms with E-state index < -0.39 is 27.2 Å². The summed E-state index contributed by atoms with van der Waals surface area (Å²) in [4.78, 5) is 24.9. The number of ether oxygens (including phenoxy) is 1. The van der Waals surface area contributed by atoms with Crippen LogP contribution >= 0.6 is 0 Å². The number of amides is 2. The fourth-order valence-corrected chi connectivity index (χ4v) is 6.10. The van der Waals surface area contributed by atoms with E-state index in [1.807, 2.05) is 99.7 Å². The van der Waals surface area contributed by atoms with Crippen LogP contribution in [0.4, 0.5) is 10.5 Å². The molecule has 0 fully saturated rings. The van der Waals surface area contributed by atoms with Crippen molar-refractivity contribution in [3.8, 4) is 0 Å². The van der Waals surface area contributed by atoms with Crippen molar-refractivity contribution in [1.29, 1.82) is 0 Å². The lowest BCUT2D eigenvalue weighted by molar-refractivity contribution is -0.154. The van der Waals surface area contributed by atoms with Gasteiger partial charge in [0.05, 0.1) is 10.4 Å². The number of anilines is 1. The molecule has 0 saturated heterocycles. The van der Waals surface area contributed by atoms with Crippen LogP contribution in [0, 0.1) is 0 Å². The lowest BCUT2D eigenvalue weighted by atomic mass is 9.80. The van der Waals surface area contributed by atoms with Gasteiger partial charge in [0, 0.05) is 18.7 Å². The second-order valence-electron chi connectivity index (χ2n) is 11.2. The Labute approximate surface area is 247 Å². The summed E-state index contributed by atoms with van der Waals surface area (Å²) in [6.45, 7) is 5.81. The van der Waals surface area contributed by atoms with Crippen molar-refractivity contribution >= 4 is 27.7 Å². The zero-order valence-corrected chi connectivity index (χ0v) is 24.9. The van der Waals surface area contributed by atoms with Crippen molar-refractivity contribution < 1.29 is 22.7 Å². The third-order valence-electron chi connectivity index (χ3n) is 6.59. The normalized spacial score (nSPS) is 16.8. The highest BCUT2D eigenvalue weighted by Crippen LogP contribution is 2.36. The van der Waals surface area contributed by atoms with E-state index in [4.69, 9.17) is 4.74 Å². The average Bonchev–Trinajstić information content (AvgIpc) is 2.95. The Balaban J connectivity index is 1.50. The highest BCUT2D eigenvalue weighted by atomic mass is 32.2. The molecule has 4 rings (SSSR count). The van der Waals surface area contributed by atoms with Gasteiger partial charge in [-0.15, -0.1) is 0 Å². The Morgan fingerprint density at radius 1 is 0.929 bits per heavy atom. The predicted molar refractivity (Wildman–Crippen MR) is 164 cm³/mol. The molecule has 3 N–H and O–H groups in total. The van der Waals surface area contributed by atoms with E-state index in [9.17, 15) is 18.0 Å². The van der Waals surface area contributed by atoms with Gasteiger partial charge in [-0.2, -0.15) is 4.72 Å². The average molecular weight is 588 g/mol. The van der Waals surface area contributed by atoms with Gasteiger partial charge in [-0.1, -0.05) is 90.5 Å². The predicted octanol–water partition coefficient (Wildman–Crippen LogP) is 6.19. The molecule has 0 bridgehead atoms. The fraction of sp³-hybridized carbons (Fsp3) is 0.273. The maximum atomic E-state index is 13.8. The zero-order valence-electron chi connectivity index (χ0n) is 24.1. The number of allylic oxidation sites excluding steroid dienone is 2. The number of carbonyl (C=O) groups excluding carboxylic acids is 2. The van der Waals surface area contributed by atoms with Gasteiger partial charge in [0.15, 0.2) is 0 Å². The maximum absolute atomic E-state index is 13.8. The van der Waals surface area contributed by atoms with Crippen LogP contribution in [-0.2, 0) is 31.6 Å². The minimum absolute atomic E-state index is 0.0110. The Kier molecular flexibility index (Phi) is 9.65. The van der Waals surface area contributed by atoms with Gasteiger partial charge in [-0.25, -0.2) is 13.2 Å². The second-order valence-corrected chi connectivity index (χ2v) is 12.9. The quantitative estimate of drug-likeness (QED) is 0.245. The molecule has 0 radical (unpaired) electrons. The number of hydrogen-bond donors (Lipinski definition) is 3.